The van der Waals surface area contributed by atoms with Gasteiger partial charge in [0.05, 0.1) is 19.6 Å². The number of esters is 1. The van der Waals surface area contributed by atoms with E-state index in [1.807, 2.05) is 36.9 Å². The van der Waals surface area contributed by atoms with Crippen molar-refractivity contribution in [3.63, 3.8) is 0 Å². The van der Waals surface area contributed by atoms with E-state index in [0.29, 0.717) is 26.2 Å². The van der Waals surface area contributed by atoms with Gasteiger partial charge >= 0.3 is 5.97 Å². The highest BCUT2D eigenvalue weighted by Gasteiger charge is 2.32. The normalized spacial score (nSPS) is 16.3. The Hall–Kier alpha value is -2.76. The summed E-state index contributed by atoms with van der Waals surface area (Å²) >= 11 is 0. The van der Waals surface area contributed by atoms with E-state index in [-0.39, 0.29) is 17.8 Å². The largest absolute Gasteiger partial charge is 0.497 e. The van der Waals surface area contributed by atoms with Crippen LogP contribution in [0.5, 0.6) is 5.75 Å². The molecule has 3 rings (SSSR count). The molecule has 0 aliphatic carbocycles. The summed E-state index contributed by atoms with van der Waals surface area (Å²) in [6, 6.07) is 7.95. The molecule has 0 unspecified atom stereocenters. The van der Waals surface area contributed by atoms with Crippen LogP contribution >= 0.6 is 0 Å². The number of ether oxygens (including phenoxy) is 2. The first-order valence-corrected chi connectivity index (χ1v) is 11.2. The van der Waals surface area contributed by atoms with Gasteiger partial charge < -0.3 is 18.9 Å². The SMILES string of the molecule is CCOC(=O)[C@H]1CCCN(C(=O)c2c(C)c(CC)c(C)n2Cc2cccc(OC)c2)C1. The fraction of sp³-hybridized carbons (Fsp3) is 0.520. The zero-order valence-electron chi connectivity index (χ0n) is 19.4. The second-order valence-corrected chi connectivity index (χ2v) is 8.17. The maximum Gasteiger partial charge on any atom is 0.310 e. The predicted octanol–water partition coefficient (Wildman–Crippen LogP) is 4.14. The Kier molecular flexibility index (Phi) is 7.42. The van der Waals surface area contributed by atoms with Gasteiger partial charge in [-0.1, -0.05) is 19.1 Å². The lowest BCUT2D eigenvalue weighted by atomic mass is 9.97. The zero-order valence-corrected chi connectivity index (χ0v) is 19.4. The van der Waals surface area contributed by atoms with Crippen LogP contribution in [-0.2, 0) is 22.5 Å². The number of amides is 1. The highest BCUT2D eigenvalue weighted by Crippen LogP contribution is 2.28. The molecule has 0 saturated carbocycles. The van der Waals surface area contributed by atoms with E-state index in [1.54, 1.807) is 7.11 Å². The van der Waals surface area contributed by atoms with Crippen molar-refractivity contribution in [3.8, 4) is 5.75 Å². The molecule has 1 aromatic carbocycles. The number of aromatic nitrogens is 1. The first kappa shape index (κ1) is 22.9. The van der Waals surface area contributed by atoms with Crippen LogP contribution < -0.4 is 4.74 Å². The van der Waals surface area contributed by atoms with Crippen LogP contribution in [0.15, 0.2) is 24.3 Å². The van der Waals surface area contributed by atoms with Crippen molar-refractivity contribution in [3.05, 3.63) is 52.3 Å². The molecule has 2 heterocycles. The van der Waals surface area contributed by atoms with Gasteiger partial charge in [-0.15, -0.1) is 0 Å². The minimum absolute atomic E-state index is 0.00260. The Morgan fingerprint density at radius 1 is 1.19 bits per heavy atom. The van der Waals surface area contributed by atoms with Crippen molar-refractivity contribution >= 4 is 11.9 Å². The summed E-state index contributed by atoms with van der Waals surface area (Å²) in [7, 11) is 1.66. The molecule has 0 radical (unpaired) electrons. The van der Waals surface area contributed by atoms with E-state index in [9.17, 15) is 9.59 Å². The third-order valence-corrected chi connectivity index (χ3v) is 6.28. The van der Waals surface area contributed by atoms with Crippen molar-refractivity contribution in [1.82, 2.24) is 9.47 Å². The van der Waals surface area contributed by atoms with Crippen LogP contribution in [0, 0.1) is 19.8 Å². The van der Waals surface area contributed by atoms with Crippen molar-refractivity contribution < 1.29 is 19.1 Å². The minimum atomic E-state index is -0.244. The van der Waals surface area contributed by atoms with Crippen LogP contribution in [-0.4, -0.2) is 48.1 Å². The maximum atomic E-state index is 13.7. The summed E-state index contributed by atoms with van der Waals surface area (Å²) in [5.41, 5.74) is 5.17. The summed E-state index contributed by atoms with van der Waals surface area (Å²) in [6.45, 7) is 10.1. The van der Waals surface area contributed by atoms with Gasteiger partial charge in [-0.2, -0.15) is 0 Å². The molecule has 31 heavy (non-hydrogen) atoms. The van der Waals surface area contributed by atoms with Crippen molar-refractivity contribution in [2.24, 2.45) is 5.92 Å². The number of nitrogens with zero attached hydrogens (tertiary/aromatic N) is 2. The van der Waals surface area contributed by atoms with Gasteiger partial charge in [-0.25, -0.2) is 0 Å². The van der Waals surface area contributed by atoms with Gasteiger partial charge in [0.15, 0.2) is 0 Å². The monoisotopic (exact) mass is 426 g/mol. The van der Waals surface area contributed by atoms with Crippen molar-refractivity contribution in [1.29, 1.82) is 0 Å². The van der Waals surface area contributed by atoms with Gasteiger partial charge in [0.1, 0.15) is 11.4 Å². The lowest BCUT2D eigenvalue weighted by Gasteiger charge is -2.32. The second-order valence-electron chi connectivity index (χ2n) is 8.17. The van der Waals surface area contributed by atoms with Crippen LogP contribution in [0.3, 0.4) is 0 Å². The van der Waals surface area contributed by atoms with Crippen LogP contribution in [0.1, 0.15) is 59.6 Å². The quantitative estimate of drug-likeness (QED) is 0.625. The molecule has 1 aliphatic rings. The first-order valence-electron chi connectivity index (χ1n) is 11.2. The molecule has 1 saturated heterocycles. The molecule has 0 spiro atoms. The number of hydrogen-bond acceptors (Lipinski definition) is 4. The van der Waals surface area contributed by atoms with Gasteiger partial charge in [0.25, 0.3) is 5.91 Å². The Morgan fingerprint density at radius 3 is 2.65 bits per heavy atom. The molecule has 1 aromatic heterocycles. The molecular weight excluding hydrogens is 392 g/mol. The average Bonchev–Trinajstić information content (AvgIpc) is 3.02. The summed E-state index contributed by atoms with van der Waals surface area (Å²) in [6.07, 6.45) is 2.45. The van der Waals surface area contributed by atoms with Crippen LogP contribution in [0.25, 0.3) is 0 Å². The number of benzene rings is 1. The molecule has 6 nitrogen and oxygen atoms in total. The average molecular weight is 427 g/mol. The third kappa shape index (κ3) is 4.78. The molecule has 168 valence electrons. The number of likely N-dealkylation sites (tertiary alicyclic amines) is 1. The van der Waals surface area contributed by atoms with E-state index >= 15 is 0 Å². The van der Waals surface area contributed by atoms with Crippen LogP contribution in [0.4, 0.5) is 0 Å². The zero-order chi connectivity index (χ0) is 22.5. The predicted molar refractivity (Wildman–Crippen MR) is 121 cm³/mol. The molecule has 2 aromatic rings. The number of carbonyl (C=O) groups excluding carboxylic acids is 2. The number of methoxy groups -OCH3 is 1. The molecule has 0 bridgehead atoms. The summed E-state index contributed by atoms with van der Waals surface area (Å²) in [5.74, 6) is 0.355. The van der Waals surface area contributed by atoms with Crippen molar-refractivity contribution in [2.45, 2.75) is 53.5 Å². The number of piperidine rings is 1. The second kappa shape index (κ2) is 10.0. The lowest BCUT2D eigenvalue weighted by Crippen LogP contribution is -2.43. The van der Waals surface area contributed by atoms with Crippen molar-refractivity contribution in [2.75, 3.05) is 26.8 Å². The van der Waals surface area contributed by atoms with E-state index in [4.69, 9.17) is 9.47 Å². The van der Waals surface area contributed by atoms with Gasteiger partial charge in [0.2, 0.25) is 0 Å². The van der Waals surface area contributed by atoms with E-state index in [0.717, 1.165) is 47.5 Å². The summed E-state index contributed by atoms with van der Waals surface area (Å²) in [4.78, 5) is 27.8. The molecule has 1 fully saturated rings. The molecule has 1 aliphatic heterocycles. The Morgan fingerprint density at radius 2 is 1.97 bits per heavy atom. The van der Waals surface area contributed by atoms with Gasteiger partial charge in [-0.3, -0.25) is 9.59 Å². The Balaban J connectivity index is 1.94. The Bertz CT molecular complexity index is 947. The maximum absolute atomic E-state index is 13.7. The molecular formula is C25H34N2O4. The highest BCUT2D eigenvalue weighted by atomic mass is 16.5. The highest BCUT2D eigenvalue weighted by molar-refractivity contribution is 5.95. The van der Waals surface area contributed by atoms with E-state index < -0.39 is 0 Å². The number of hydrogen-bond donors (Lipinski definition) is 0. The van der Waals surface area contributed by atoms with Crippen LogP contribution in [0.2, 0.25) is 0 Å². The summed E-state index contributed by atoms with van der Waals surface area (Å²) < 4.78 is 12.7. The van der Waals surface area contributed by atoms with Gasteiger partial charge in [0, 0.05) is 25.3 Å². The fourth-order valence-corrected chi connectivity index (χ4v) is 4.66. The fourth-order valence-electron chi connectivity index (χ4n) is 4.66. The molecule has 1 amide bonds. The topological polar surface area (TPSA) is 60.8 Å². The number of rotatable bonds is 7. The minimum Gasteiger partial charge on any atom is -0.497 e. The smallest absolute Gasteiger partial charge is 0.310 e. The Labute approximate surface area is 185 Å². The first-order chi connectivity index (χ1) is 14.9. The van der Waals surface area contributed by atoms with Gasteiger partial charge in [-0.05, 0) is 68.9 Å². The lowest BCUT2D eigenvalue weighted by molar-refractivity contribution is -0.149. The third-order valence-electron chi connectivity index (χ3n) is 6.28. The summed E-state index contributed by atoms with van der Waals surface area (Å²) in [5, 5.41) is 0. The number of carbonyl (C=O) groups is 2. The van der Waals surface area contributed by atoms with E-state index in [1.165, 1.54) is 5.56 Å². The molecule has 6 heteroatoms. The molecule has 0 N–H and O–H groups in total. The molecule has 1 atom stereocenters. The van der Waals surface area contributed by atoms with E-state index in [2.05, 4.69) is 24.5 Å². The standard InChI is InChI=1S/C25H34N2O4/c1-6-22-17(3)23(24(28)26-13-9-11-20(16-26)25(29)31-7-2)27(18(22)4)15-19-10-8-12-21(14-19)30-5/h8,10,12,14,20H,6-7,9,11,13,15-16H2,1-5H3/t20-/m0/s1.